The summed E-state index contributed by atoms with van der Waals surface area (Å²) in [6, 6.07) is 8.88. The van der Waals surface area contributed by atoms with Crippen molar-refractivity contribution in [2.24, 2.45) is 0 Å². The first-order valence-electron chi connectivity index (χ1n) is 6.71. The van der Waals surface area contributed by atoms with Gasteiger partial charge in [0.1, 0.15) is 0 Å². The molecular weight excluding hydrogens is 222 g/mol. The minimum atomic E-state index is 0.623. The second-order valence-electron chi connectivity index (χ2n) is 4.98. The van der Waals surface area contributed by atoms with Crippen LogP contribution >= 0.6 is 0 Å². The third kappa shape index (κ3) is 1.70. The summed E-state index contributed by atoms with van der Waals surface area (Å²) < 4.78 is 0. The van der Waals surface area contributed by atoms with E-state index < -0.39 is 0 Å². The van der Waals surface area contributed by atoms with E-state index in [2.05, 4.69) is 35.0 Å². The van der Waals surface area contributed by atoms with Gasteiger partial charge in [-0.05, 0) is 25.3 Å². The molecule has 94 valence electrons. The Morgan fingerprint density at radius 1 is 1.39 bits per heavy atom. The molecule has 1 aliphatic heterocycles. The zero-order chi connectivity index (χ0) is 12.5. The Hall–Kier alpha value is -1.77. The maximum atomic E-state index is 6.18. The van der Waals surface area contributed by atoms with E-state index >= 15 is 0 Å². The molecule has 3 heteroatoms. The van der Waals surface area contributed by atoms with Crippen molar-refractivity contribution in [3.8, 4) is 0 Å². The number of nitrogens with zero attached hydrogens (tertiary/aromatic N) is 2. The maximum absolute atomic E-state index is 6.18. The summed E-state index contributed by atoms with van der Waals surface area (Å²) in [4.78, 5) is 6.88. The molecule has 1 aliphatic rings. The van der Waals surface area contributed by atoms with Crippen LogP contribution in [0.3, 0.4) is 0 Å². The fourth-order valence-corrected chi connectivity index (χ4v) is 3.02. The van der Waals surface area contributed by atoms with Crippen LogP contribution in [-0.4, -0.2) is 17.6 Å². The predicted molar refractivity (Wildman–Crippen MR) is 76.8 cm³/mol. The highest BCUT2D eigenvalue weighted by Crippen LogP contribution is 2.36. The molecule has 2 heterocycles. The molecule has 18 heavy (non-hydrogen) atoms. The number of aromatic nitrogens is 1. The number of anilines is 2. The number of pyridine rings is 1. The van der Waals surface area contributed by atoms with Gasteiger partial charge in [-0.2, -0.15) is 0 Å². The van der Waals surface area contributed by atoms with E-state index in [1.807, 2.05) is 6.07 Å². The number of para-hydroxylation sites is 1. The van der Waals surface area contributed by atoms with Crippen molar-refractivity contribution in [2.45, 2.75) is 32.2 Å². The highest BCUT2D eigenvalue weighted by atomic mass is 15.2. The smallest absolute Gasteiger partial charge is 0.0745 e. The van der Waals surface area contributed by atoms with E-state index in [4.69, 9.17) is 5.73 Å². The average Bonchev–Trinajstić information content (AvgIpc) is 2.86. The van der Waals surface area contributed by atoms with E-state index in [0.29, 0.717) is 6.04 Å². The van der Waals surface area contributed by atoms with Crippen LogP contribution in [0.5, 0.6) is 0 Å². The highest BCUT2D eigenvalue weighted by Gasteiger charge is 2.26. The number of nitrogen functional groups attached to an aromatic ring is 1. The van der Waals surface area contributed by atoms with Crippen molar-refractivity contribution >= 4 is 22.3 Å². The normalized spacial score (nSPS) is 19.6. The molecule has 0 radical (unpaired) electrons. The van der Waals surface area contributed by atoms with Crippen LogP contribution in [0.2, 0.25) is 0 Å². The van der Waals surface area contributed by atoms with Crippen molar-refractivity contribution < 1.29 is 0 Å². The van der Waals surface area contributed by atoms with E-state index in [9.17, 15) is 0 Å². The fourth-order valence-electron chi connectivity index (χ4n) is 3.02. The number of benzene rings is 1. The lowest BCUT2D eigenvalue weighted by Crippen LogP contribution is -2.29. The van der Waals surface area contributed by atoms with Crippen molar-refractivity contribution in [3.63, 3.8) is 0 Å². The summed E-state index contributed by atoms with van der Waals surface area (Å²) in [7, 11) is 0. The van der Waals surface area contributed by atoms with Crippen LogP contribution in [-0.2, 0) is 0 Å². The van der Waals surface area contributed by atoms with Crippen molar-refractivity contribution in [1.82, 2.24) is 4.98 Å². The van der Waals surface area contributed by atoms with Gasteiger partial charge in [0.2, 0.25) is 0 Å². The van der Waals surface area contributed by atoms with Gasteiger partial charge in [0.05, 0.1) is 23.1 Å². The van der Waals surface area contributed by atoms with Gasteiger partial charge in [0.15, 0.2) is 0 Å². The summed E-state index contributed by atoms with van der Waals surface area (Å²) >= 11 is 0. The number of hydrogen-bond donors (Lipinski definition) is 1. The molecule has 3 rings (SSSR count). The minimum absolute atomic E-state index is 0.623. The van der Waals surface area contributed by atoms with E-state index in [-0.39, 0.29) is 0 Å². The molecule has 0 amide bonds. The molecular formula is C15H19N3. The minimum Gasteiger partial charge on any atom is -0.396 e. The summed E-state index contributed by atoms with van der Waals surface area (Å²) in [6.45, 7) is 3.36. The topological polar surface area (TPSA) is 42.1 Å². The standard InChI is InChI=1S/C15H19N3/c1-2-11-6-5-9-18(11)15-12-7-3-4-8-14(12)17-10-13(15)16/h3-4,7-8,10-11H,2,5-6,9,16H2,1H3. The lowest BCUT2D eigenvalue weighted by atomic mass is 10.1. The van der Waals surface area contributed by atoms with Gasteiger partial charge < -0.3 is 10.6 Å². The SMILES string of the molecule is CCC1CCCN1c1c(N)cnc2ccccc12. The molecule has 3 nitrogen and oxygen atoms in total. The van der Waals surface area contributed by atoms with Crippen LogP contribution in [0.4, 0.5) is 11.4 Å². The Labute approximate surface area is 108 Å². The first-order valence-corrected chi connectivity index (χ1v) is 6.71. The van der Waals surface area contributed by atoms with Crippen LogP contribution in [0.15, 0.2) is 30.5 Å². The van der Waals surface area contributed by atoms with Crippen molar-refractivity contribution in [2.75, 3.05) is 17.2 Å². The van der Waals surface area contributed by atoms with Crippen LogP contribution in [0.1, 0.15) is 26.2 Å². The second kappa shape index (κ2) is 4.48. The fraction of sp³-hybridized carbons (Fsp3) is 0.400. The van der Waals surface area contributed by atoms with E-state index in [1.165, 1.54) is 30.3 Å². The summed E-state index contributed by atoms with van der Waals surface area (Å²) in [5.41, 5.74) is 9.20. The Morgan fingerprint density at radius 3 is 3.06 bits per heavy atom. The van der Waals surface area contributed by atoms with Gasteiger partial charge >= 0.3 is 0 Å². The predicted octanol–water partition coefficient (Wildman–Crippen LogP) is 3.20. The second-order valence-corrected chi connectivity index (χ2v) is 4.98. The van der Waals surface area contributed by atoms with Gasteiger partial charge in [-0.15, -0.1) is 0 Å². The summed E-state index contributed by atoms with van der Waals surface area (Å²) in [5.74, 6) is 0. The third-order valence-electron chi connectivity index (χ3n) is 3.91. The van der Waals surface area contributed by atoms with E-state index in [0.717, 1.165) is 17.7 Å². The number of rotatable bonds is 2. The molecule has 0 bridgehead atoms. The van der Waals surface area contributed by atoms with Crippen LogP contribution < -0.4 is 10.6 Å². The molecule has 2 aromatic rings. The zero-order valence-electron chi connectivity index (χ0n) is 10.8. The Kier molecular flexibility index (Phi) is 2.82. The Morgan fingerprint density at radius 2 is 2.22 bits per heavy atom. The van der Waals surface area contributed by atoms with Gasteiger partial charge in [-0.25, -0.2) is 0 Å². The highest BCUT2D eigenvalue weighted by molar-refractivity contribution is 5.97. The molecule has 1 fully saturated rings. The molecule has 0 aliphatic carbocycles. The van der Waals surface area contributed by atoms with Crippen LogP contribution in [0, 0.1) is 0 Å². The molecule has 1 saturated heterocycles. The lowest BCUT2D eigenvalue weighted by Gasteiger charge is -2.28. The van der Waals surface area contributed by atoms with Crippen LogP contribution in [0.25, 0.3) is 10.9 Å². The number of nitrogens with two attached hydrogens (primary N) is 1. The third-order valence-corrected chi connectivity index (χ3v) is 3.91. The molecule has 1 aromatic carbocycles. The van der Waals surface area contributed by atoms with Gasteiger partial charge in [-0.1, -0.05) is 25.1 Å². The number of hydrogen-bond acceptors (Lipinski definition) is 3. The van der Waals surface area contributed by atoms with Gasteiger partial charge in [-0.3, -0.25) is 4.98 Å². The summed E-state index contributed by atoms with van der Waals surface area (Å²) in [6.07, 6.45) is 5.50. The Bertz CT molecular complexity index is 565. The number of fused-ring (bicyclic) bond motifs is 1. The zero-order valence-corrected chi connectivity index (χ0v) is 10.8. The summed E-state index contributed by atoms with van der Waals surface area (Å²) in [5, 5.41) is 1.18. The molecule has 2 N–H and O–H groups in total. The maximum Gasteiger partial charge on any atom is 0.0745 e. The largest absolute Gasteiger partial charge is 0.396 e. The molecule has 0 spiro atoms. The average molecular weight is 241 g/mol. The lowest BCUT2D eigenvalue weighted by molar-refractivity contribution is 0.647. The van der Waals surface area contributed by atoms with Crippen molar-refractivity contribution in [3.05, 3.63) is 30.5 Å². The molecule has 1 atom stereocenters. The molecule has 0 saturated carbocycles. The first kappa shape index (κ1) is 11.3. The quantitative estimate of drug-likeness (QED) is 0.878. The Balaban J connectivity index is 2.18. The monoisotopic (exact) mass is 241 g/mol. The molecule has 1 aromatic heterocycles. The van der Waals surface area contributed by atoms with E-state index in [1.54, 1.807) is 6.20 Å². The molecule has 1 unspecified atom stereocenters. The van der Waals surface area contributed by atoms with Gasteiger partial charge in [0.25, 0.3) is 0 Å². The first-order chi connectivity index (χ1) is 8.81. The van der Waals surface area contributed by atoms with Gasteiger partial charge in [0, 0.05) is 18.0 Å². The van der Waals surface area contributed by atoms with Crippen molar-refractivity contribution in [1.29, 1.82) is 0 Å².